The van der Waals surface area contributed by atoms with Gasteiger partial charge in [-0.15, -0.1) is 0 Å². The molecule has 3 aromatic rings. The minimum atomic E-state index is -0.649. The van der Waals surface area contributed by atoms with Crippen LogP contribution < -0.4 is 15.5 Å². The number of anilines is 4. The molecule has 2 aromatic carbocycles. The van der Waals surface area contributed by atoms with E-state index >= 15 is 0 Å². The van der Waals surface area contributed by atoms with Crippen molar-refractivity contribution in [2.24, 2.45) is 0 Å². The zero-order valence-corrected chi connectivity index (χ0v) is 25.7. The Morgan fingerprint density at radius 1 is 1.07 bits per heavy atom. The lowest BCUT2D eigenvalue weighted by Crippen LogP contribution is -2.47. The van der Waals surface area contributed by atoms with Crippen LogP contribution in [0.15, 0.2) is 85.6 Å². The summed E-state index contributed by atoms with van der Waals surface area (Å²) in [6.07, 6.45) is 8.42. The van der Waals surface area contributed by atoms with Gasteiger partial charge >= 0.3 is 6.16 Å². The molecule has 2 N–H and O–H groups in total. The van der Waals surface area contributed by atoms with Gasteiger partial charge in [-0.3, -0.25) is 9.69 Å². The van der Waals surface area contributed by atoms with Gasteiger partial charge in [0.05, 0.1) is 11.8 Å². The highest BCUT2D eigenvalue weighted by molar-refractivity contribution is 6.04. The molecule has 0 aliphatic carbocycles. The first-order valence-corrected chi connectivity index (χ1v) is 14.6. The third-order valence-corrected chi connectivity index (χ3v) is 6.95. The average molecular weight is 597 g/mol. The molecule has 10 nitrogen and oxygen atoms in total. The zero-order valence-electron chi connectivity index (χ0n) is 25.7. The third-order valence-electron chi connectivity index (χ3n) is 6.95. The number of hydrogen-bond donors (Lipinski definition) is 2. The molecule has 2 heterocycles. The van der Waals surface area contributed by atoms with Crippen molar-refractivity contribution in [1.29, 1.82) is 0 Å². The first-order chi connectivity index (χ1) is 21.2. The summed E-state index contributed by atoms with van der Waals surface area (Å²) in [6, 6.07) is 15.1. The van der Waals surface area contributed by atoms with E-state index in [1.54, 1.807) is 26.1 Å². The van der Waals surface area contributed by atoms with E-state index in [9.17, 15) is 9.59 Å². The van der Waals surface area contributed by atoms with E-state index in [1.165, 1.54) is 0 Å². The summed E-state index contributed by atoms with van der Waals surface area (Å²) in [6.45, 7) is 14.6. The molecule has 1 saturated heterocycles. The molecule has 0 bridgehead atoms. The number of aryl methyl sites for hydroxylation is 1. The van der Waals surface area contributed by atoms with Crippen LogP contribution in [-0.4, -0.2) is 65.9 Å². The van der Waals surface area contributed by atoms with Gasteiger partial charge in [0.1, 0.15) is 6.73 Å². The second-order valence-corrected chi connectivity index (χ2v) is 10.6. The second-order valence-electron chi connectivity index (χ2n) is 10.6. The van der Waals surface area contributed by atoms with Crippen LogP contribution >= 0.6 is 0 Å². The van der Waals surface area contributed by atoms with Crippen LogP contribution in [0, 0.1) is 6.92 Å². The number of allylic oxidation sites excluding steroid dienone is 5. The van der Waals surface area contributed by atoms with Crippen molar-refractivity contribution in [3.05, 3.63) is 102 Å². The lowest BCUT2D eigenvalue weighted by Gasteiger charge is -2.35. The number of nitrogens with one attached hydrogen (secondary N) is 2. The molecule has 1 aromatic heterocycles. The van der Waals surface area contributed by atoms with Crippen LogP contribution in [0.4, 0.5) is 27.8 Å². The van der Waals surface area contributed by atoms with E-state index in [0.29, 0.717) is 17.2 Å². The van der Waals surface area contributed by atoms with Gasteiger partial charge in [0.2, 0.25) is 5.95 Å². The number of benzene rings is 2. The molecule has 1 aliphatic heterocycles. The van der Waals surface area contributed by atoms with Gasteiger partial charge in [-0.05, 0) is 81.3 Å². The summed E-state index contributed by atoms with van der Waals surface area (Å²) >= 11 is 0. The van der Waals surface area contributed by atoms with Crippen molar-refractivity contribution in [2.45, 2.75) is 33.8 Å². The largest absolute Gasteiger partial charge is 0.509 e. The molecule has 1 amide bonds. The fourth-order valence-corrected chi connectivity index (χ4v) is 4.52. The molecule has 0 radical (unpaired) electrons. The zero-order chi connectivity index (χ0) is 31.5. The molecule has 0 saturated carbocycles. The van der Waals surface area contributed by atoms with Crippen LogP contribution in [0.2, 0.25) is 0 Å². The molecule has 10 heteroatoms. The summed E-state index contributed by atoms with van der Waals surface area (Å²) in [5, 5.41) is 6.27. The van der Waals surface area contributed by atoms with Crippen LogP contribution in [0.25, 0.3) is 5.57 Å². The number of carbonyl (C=O) groups is 2. The van der Waals surface area contributed by atoms with Crippen molar-refractivity contribution < 1.29 is 19.1 Å². The SMILES string of the molecule is C=C/C(=C\C=C/C)c1ccnc(Nc2cc(NC(=O)c3ccc(N4CCN(COC(=O)OC(C)C)CC4)cc3)ccc2C)n1. The maximum atomic E-state index is 13.1. The average Bonchev–Trinajstić information content (AvgIpc) is 3.02. The molecule has 4 rings (SSSR count). The number of hydrogen-bond acceptors (Lipinski definition) is 9. The molecule has 1 aliphatic rings. The van der Waals surface area contributed by atoms with E-state index in [0.717, 1.165) is 54.4 Å². The maximum absolute atomic E-state index is 13.1. The number of amides is 1. The highest BCUT2D eigenvalue weighted by Gasteiger charge is 2.19. The monoisotopic (exact) mass is 596 g/mol. The van der Waals surface area contributed by atoms with E-state index < -0.39 is 6.16 Å². The van der Waals surface area contributed by atoms with Crippen molar-refractivity contribution >= 4 is 40.6 Å². The summed E-state index contributed by atoms with van der Waals surface area (Å²) in [5.74, 6) is 0.240. The Morgan fingerprint density at radius 2 is 1.82 bits per heavy atom. The lowest BCUT2D eigenvalue weighted by atomic mass is 10.1. The van der Waals surface area contributed by atoms with Gasteiger partial charge in [-0.25, -0.2) is 14.8 Å². The van der Waals surface area contributed by atoms with Gasteiger partial charge < -0.3 is 25.0 Å². The Labute approximate surface area is 259 Å². The number of piperazine rings is 1. The van der Waals surface area contributed by atoms with E-state index in [1.807, 2.05) is 80.6 Å². The Hall–Kier alpha value is -4.96. The molecule has 44 heavy (non-hydrogen) atoms. The number of nitrogens with zero attached hydrogens (tertiary/aromatic N) is 4. The van der Waals surface area contributed by atoms with Gasteiger partial charge in [0.25, 0.3) is 5.91 Å². The topological polar surface area (TPSA) is 109 Å². The number of ether oxygens (including phenoxy) is 2. The molecule has 230 valence electrons. The van der Waals surface area contributed by atoms with Gasteiger partial charge in [0, 0.05) is 55.0 Å². The van der Waals surface area contributed by atoms with E-state index in [-0.39, 0.29) is 18.7 Å². The summed E-state index contributed by atoms with van der Waals surface area (Å²) in [7, 11) is 0. The van der Waals surface area contributed by atoms with Crippen molar-refractivity contribution in [3.63, 3.8) is 0 Å². The van der Waals surface area contributed by atoms with E-state index in [4.69, 9.17) is 9.47 Å². The fourth-order valence-electron chi connectivity index (χ4n) is 4.52. The molecule has 1 fully saturated rings. The summed E-state index contributed by atoms with van der Waals surface area (Å²) < 4.78 is 10.2. The lowest BCUT2D eigenvalue weighted by molar-refractivity contribution is -0.00199. The summed E-state index contributed by atoms with van der Waals surface area (Å²) in [4.78, 5) is 38.0. The molecule has 0 atom stereocenters. The molecular weight excluding hydrogens is 556 g/mol. The van der Waals surface area contributed by atoms with Crippen LogP contribution in [0.1, 0.15) is 42.4 Å². The van der Waals surface area contributed by atoms with Gasteiger partial charge in [0.15, 0.2) is 0 Å². The van der Waals surface area contributed by atoms with E-state index in [2.05, 4.69) is 37.0 Å². The predicted octanol–water partition coefficient (Wildman–Crippen LogP) is 6.57. The molecule has 0 spiro atoms. The highest BCUT2D eigenvalue weighted by atomic mass is 16.7. The number of rotatable bonds is 11. The Balaban J connectivity index is 1.34. The summed E-state index contributed by atoms with van der Waals surface area (Å²) in [5.41, 5.74) is 5.64. The minimum absolute atomic E-state index is 0.204. The number of aromatic nitrogens is 2. The Morgan fingerprint density at radius 3 is 2.50 bits per heavy atom. The maximum Gasteiger partial charge on any atom is 0.509 e. The van der Waals surface area contributed by atoms with Crippen molar-refractivity contribution in [3.8, 4) is 0 Å². The number of carbonyl (C=O) groups excluding carboxylic acids is 2. The quantitative estimate of drug-likeness (QED) is 0.188. The minimum Gasteiger partial charge on any atom is -0.432 e. The molecular formula is C34H40N6O4. The fraction of sp³-hybridized carbons (Fsp3) is 0.294. The third kappa shape index (κ3) is 9.02. The van der Waals surface area contributed by atoms with Crippen LogP contribution in [0.3, 0.4) is 0 Å². The first kappa shape index (κ1) is 32.0. The predicted molar refractivity (Wildman–Crippen MR) is 175 cm³/mol. The smallest absolute Gasteiger partial charge is 0.432 e. The Kier molecular flexibility index (Phi) is 11.3. The van der Waals surface area contributed by atoms with Crippen molar-refractivity contribution in [2.75, 3.05) is 48.4 Å². The van der Waals surface area contributed by atoms with Gasteiger partial charge in [-0.1, -0.05) is 36.9 Å². The molecule has 0 unspecified atom stereocenters. The first-order valence-electron chi connectivity index (χ1n) is 14.6. The second kappa shape index (κ2) is 15.5. The van der Waals surface area contributed by atoms with Crippen LogP contribution in [0.5, 0.6) is 0 Å². The Bertz CT molecular complexity index is 1510. The van der Waals surface area contributed by atoms with Gasteiger partial charge in [-0.2, -0.15) is 0 Å². The van der Waals surface area contributed by atoms with Crippen molar-refractivity contribution in [1.82, 2.24) is 14.9 Å². The normalized spacial score (nSPS) is 14.0. The van der Waals surface area contributed by atoms with Crippen LogP contribution in [-0.2, 0) is 9.47 Å². The standard InChI is InChI=1S/C34H40N6O4/c1-6-8-9-26(7-2)30-16-17-35-33(37-30)38-31-22-28(13-10-25(31)5)36-32(41)27-11-14-29(15-12-27)40-20-18-39(19-21-40)23-43-34(42)44-24(3)4/h6-17,22,24H,2,18-21,23H2,1,3-5H3,(H,36,41)(H,35,37,38)/b8-6-,26-9+. The highest BCUT2D eigenvalue weighted by Crippen LogP contribution is 2.25.